The number of pyridine rings is 1. The Morgan fingerprint density at radius 3 is 2.61 bits per heavy atom. The summed E-state index contributed by atoms with van der Waals surface area (Å²) in [6, 6.07) is 8.98. The van der Waals surface area contributed by atoms with Crippen molar-refractivity contribution in [2.75, 3.05) is 13.1 Å². The molecule has 1 aromatic heterocycles. The van der Waals surface area contributed by atoms with E-state index in [0.717, 1.165) is 0 Å². The number of nitro benzene ring substituents is 1. The van der Waals surface area contributed by atoms with Gasteiger partial charge in [0.1, 0.15) is 17.5 Å². The third kappa shape index (κ3) is 3.40. The van der Waals surface area contributed by atoms with Crippen LogP contribution in [-0.4, -0.2) is 39.9 Å². The van der Waals surface area contributed by atoms with Crippen molar-refractivity contribution in [1.82, 2.24) is 9.88 Å². The molecule has 2 aromatic rings. The van der Waals surface area contributed by atoms with Gasteiger partial charge >= 0.3 is 0 Å². The van der Waals surface area contributed by atoms with Gasteiger partial charge in [-0.25, -0.2) is 0 Å². The minimum Gasteiger partial charge on any atom is -0.487 e. The molecule has 0 spiro atoms. The van der Waals surface area contributed by atoms with E-state index in [1.807, 2.05) is 0 Å². The molecule has 0 radical (unpaired) electrons. The van der Waals surface area contributed by atoms with E-state index in [-0.39, 0.29) is 17.7 Å². The summed E-state index contributed by atoms with van der Waals surface area (Å²) in [5.74, 6) is 0.338. The van der Waals surface area contributed by atoms with E-state index in [9.17, 15) is 14.9 Å². The molecular weight excluding hydrogens is 322 g/mol. The molecule has 1 amide bonds. The lowest BCUT2D eigenvalue weighted by Crippen LogP contribution is -2.56. The summed E-state index contributed by atoms with van der Waals surface area (Å²) >= 11 is 5.84. The maximum atomic E-state index is 12.2. The molecule has 0 unspecified atom stereocenters. The lowest BCUT2D eigenvalue weighted by Gasteiger charge is -2.38. The second-order valence-electron chi connectivity index (χ2n) is 5.06. The number of rotatable bonds is 4. The van der Waals surface area contributed by atoms with Gasteiger partial charge in [-0.3, -0.25) is 19.9 Å². The third-order valence-corrected chi connectivity index (χ3v) is 3.66. The summed E-state index contributed by atoms with van der Waals surface area (Å²) in [5.41, 5.74) is 0.307. The van der Waals surface area contributed by atoms with E-state index in [0.29, 0.717) is 29.6 Å². The number of benzene rings is 1. The van der Waals surface area contributed by atoms with Crippen LogP contribution in [-0.2, 0) is 0 Å². The molecule has 0 aliphatic carbocycles. The van der Waals surface area contributed by atoms with Crippen molar-refractivity contribution in [1.29, 1.82) is 0 Å². The molecule has 1 fully saturated rings. The van der Waals surface area contributed by atoms with Crippen molar-refractivity contribution in [3.63, 3.8) is 0 Å². The van der Waals surface area contributed by atoms with Gasteiger partial charge in [-0.15, -0.1) is 0 Å². The van der Waals surface area contributed by atoms with Crippen molar-refractivity contribution in [3.8, 4) is 5.75 Å². The highest BCUT2D eigenvalue weighted by Crippen LogP contribution is 2.22. The van der Waals surface area contributed by atoms with Crippen LogP contribution in [0, 0.1) is 10.1 Å². The lowest BCUT2D eigenvalue weighted by atomic mass is 10.1. The van der Waals surface area contributed by atoms with E-state index in [4.69, 9.17) is 16.3 Å². The molecule has 1 aromatic carbocycles. The van der Waals surface area contributed by atoms with Crippen LogP contribution in [0.15, 0.2) is 42.6 Å². The number of likely N-dealkylation sites (tertiary alicyclic amines) is 1. The van der Waals surface area contributed by atoms with Crippen molar-refractivity contribution in [3.05, 3.63) is 63.4 Å². The Hall–Kier alpha value is -2.67. The van der Waals surface area contributed by atoms with E-state index in [1.54, 1.807) is 23.1 Å². The first-order valence-electron chi connectivity index (χ1n) is 6.85. The number of non-ortho nitro benzene ring substituents is 1. The van der Waals surface area contributed by atoms with Crippen LogP contribution in [0.25, 0.3) is 0 Å². The smallest absolute Gasteiger partial charge is 0.272 e. The number of carbonyl (C=O) groups excluding carboxylic acids is 1. The van der Waals surface area contributed by atoms with Crippen LogP contribution in [0.5, 0.6) is 5.75 Å². The van der Waals surface area contributed by atoms with Gasteiger partial charge in [0.2, 0.25) is 0 Å². The van der Waals surface area contributed by atoms with Gasteiger partial charge in [0.25, 0.3) is 11.6 Å². The van der Waals surface area contributed by atoms with Gasteiger partial charge in [-0.05, 0) is 24.3 Å². The highest BCUT2D eigenvalue weighted by molar-refractivity contribution is 6.30. The second-order valence-corrected chi connectivity index (χ2v) is 5.50. The van der Waals surface area contributed by atoms with Crippen LogP contribution in [0.2, 0.25) is 5.02 Å². The van der Waals surface area contributed by atoms with Crippen LogP contribution < -0.4 is 4.74 Å². The first-order valence-corrected chi connectivity index (χ1v) is 7.22. The van der Waals surface area contributed by atoms with Crippen molar-refractivity contribution in [2.24, 2.45) is 0 Å². The number of amides is 1. The molecule has 118 valence electrons. The van der Waals surface area contributed by atoms with Crippen molar-refractivity contribution < 1.29 is 14.5 Å². The van der Waals surface area contributed by atoms with E-state index < -0.39 is 4.92 Å². The van der Waals surface area contributed by atoms with Crippen molar-refractivity contribution >= 4 is 23.2 Å². The summed E-state index contributed by atoms with van der Waals surface area (Å²) in [7, 11) is 0. The number of ether oxygens (including phenoxy) is 1. The predicted molar refractivity (Wildman–Crippen MR) is 82.7 cm³/mol. The molecule has 1 saturated heterocycles. The first-order chi connectivity index (χ1) is 11.0. The minimum atomic E-state index is -0.467. The zero-order chi connectivity index (χ0) is 16.4. The number of hydrogen-bond acceptors (Lipinski definition) is 5. The van der Waals surface area contributed by atoms with Crippen LogP contribution >= 0.6 is 11.6 Å². The minimum absolute atomic E-state index is 0.00907. The molecular formula is C15H12ClN3O4. The zero-order valence-electron chi connectivity index (χ0n) is 11.9. The third-order valence-electron chi connectivity index (χ3n) is 3.43. The van der Waals surface area contributed by atoms with Crippen molar-refractivity contribution in [2.45, 2.75) is 6.10 Å². The molecule has 2 heterocycles. The molecule has 7 nitrogen and oxygen atoms in total. The fourth-order valence-corrected chi connectivity index (χ4v) is 2.36. The Balaban J connectivity index is 1.55. The van der Waals surface area contributed by atoms with Crippen LogP contribution in [0.1, 0.15) is 10.5 Å². The standard InChI is InChI=1S/C15H12ClN3O4/c16-10-5-6-17-14(7-10)15(20)18-8-13(9-18)23-12-3-1-11(2-4-12)19(21)22/h1-7,13H,8-9H2. The van der Waals surface area contributed by atoms with Gasteiger partial charge in [0.15, 0.2) is 0 Å². The quantitative estimate of drug-likeness (QED) is 0.634. The summed E-state index contributed by atoms with van der Waals surface area (Å²) < 4.78 is 5.66. The maximum absolute atomic E-state index is 12.2. The van der Waals surface area contributed by atoms with Gasteiger partial charge in [-0.1, -0.05) is 11.6 Å². The number of hydrogen-bond donors (Lipinski definition) is 0. The topological polar surface area (TPSA) is 85.6 Å². The number of nitrogens with zero attached hydrogens (tertiary/aromatic N) is 3. The molecule has 0 atom stereocenters. The number of aromatic nitrogens is 1. The van der Waals surface area contributed by atoms with Crippen LogP contribution in [0.4, 0.5) is 5.69 Å². The summed E-state index contributed by atoms with van der Waals surface area (Å²) in [6.45, 7) is 0.869. The normalized spacial score (nSPS) is 14.2. The Morgan fingerprint density at radius 2 is 2.00 bits per heavy atom. The number of carbonyl (C=O) groups is 1. The highest BCUT2D eigenvalue weighted by Gasteiger charge is 2.33. The predicted octanol–water partition coefficient (Wildman–Crippen LogP) is 2.55. The van der Waals surface area contributed by atoms with Crippen LogP contribution in [0.3, 0.4) is 0 Å². The van der Waals surface area contributed by atoms with Gasteiger partial charge in [-0.2, -0.15) is 0 Å². The molecule has 0 bridgehead atoms. The largest absolute Gasteiger partial charge is 0.487 e. The monoisotopic (exact) mass is 333 g/mol. The van der Waals surface area contributed by atoms with Gasteiger partial charge in [0.05, 0.1) is 18.0 Å². The fraction of sp³-hybridized carbons (Fsp3) is 0.200. The molecule has 1 aliphatic heterocycles. The Kier molecular flexibility index (Phi) is 4.12. The average molecular weight is 334 g/mol. The number of nitro groups is 1. The molecule has 1 aliphatic rings. The molecule has 3 rings (SSSR count). The second kappa shape index (κ2) is 6.21. The SMILES string of the molecule is O=C(c1cc(Cl)ccn1)N1CC(Oc2ccc([N+](=O)[O-])cc2)C1. The Labute approximate surface area is 136 Å². The first kappa shape index (κ1) is 15.2. The van der Waals surface area contributed by atoms with Gasteiger partial charge in [0, 0.05) is 23.4 Å². The molecule has 0 saturated carbocycles. The van der Waals surface area contributed by atoms with E-state index in [1.165, 1.54) is 24.4 Å². The zero-order valence-corrected chi connectivity index (χ0v) is 12.6. The molecule has 23 heavy (non-hydrogen) atoms. The van der Waals surface area contributed by atoms with Gasteiger partial charge < -0.3 is 9.64 Å². The summed E-state index contributed by atoms with van der Waals surface area (Å²) in [6.07, 6.45) is 1.35. The Bertz CT molecular complexity index is 745. The molecule has 8 heteroatoms. The lowest BCUT2D eigenvalue weighted by molar-refractivity contribution is -0.384. The summed E-state index contributed by atoms with van der Waals surface area (Å²) in [5, 5.41) is 11.0. The van der Waals surface area contributed by atoms with E-state index in [2.05, 4.69) is 4.98 Å². The summed E-state index contributed by atoms with van der Waals surface area (Å²) in [4.78, 5) is 27.9. The number of halogens is 1. The fourth-order valence-electron chi connectivity index (χ4n) is 2.20. The molecule has 0 N–H and O–H groups in total. The van der Waals surface area contributed by atoms with E-state index >= 15 is 0 Å². The highest BCUT2D eigenvalue weighted by atomic mass is 35.5. The Morgan fingerprint density at radius 1 is 1.30 bits per heavy atom. The maximum Gasteiger partial charge on any atom is 0.272 e. The average Bonchev–Trinajstić information content (AvgIpc) is 2.50.